The lowest BCUT2D eigenvalue weighted by molar-refractivity contribution is 0.0970. The lowest BCUT2D eigenvalue weighted by atomic mass is 9.85. The van der Waals surface area contributed by atoms with Crippen LogP contribution in [-0.4, -0.2) is 12.4 Å². The summed E-state index contributed by atoms with van der Waals surface area (Å²) in [7, 11) is 0. The highest BCUT2D eigenvalue weighted by Gasteiger charge is 2.17. The quantitative estimate of drug-likeness (QED) is 0.751. The monoisotopic (exact) mass is 272 g/mol. The van der Waals surface area contributed by atoms with Gasteiger partial charge in [-0.15, -0.1) is 0 Å². The number of benzene rings is 1. The number of carbonyl (C=O) groups is 1. The molecule has 2 nitrogen and oxygen atoms in total. The lowest BCUT2D eigenvalue weighted by Crippen LogP contribution is -2.11. The molecule has 1 fully saturated rings. The number of hydrogen-bond donors (Lipinski definition) is 0. The molecule has 1 heterocycles. The number of rotatable bonds is 4. The van der Waals surface area contributed by atoms with Gasteiger partial charge in [-0.05, 0) is 48.9 Å². The first-order chi connectivity index (χ1) is 9.83. The number of Topliss-reactive ketones (excluding diaryl/α,β-unsaturated/α-hetero) is 1. The Hall–Kier alpha value is -1.31. The predicted octanol–water partition coefficient (Wildman–Crippen LogP) is 4.55. The third-order valence-corrected chi connectivity index (χ3v) is 4.73. The van der Waals surface area contributed by atoms with Gasteiger partial charge in [-0.2, -0.15) is 0 Å². The highest BCUT2D eigenvalue weighted by molar-refractivity contribution is 5.96. The summed E-state index contributed by atoms with van der Waals surface area (Å²) in [5, 5.41) is 0. The molecule has 0 spiro atoms. The second kappa shape index (κ2) is 6.43. The SMILES string of the molecule is O=C(CCC1CCCCC1)c1ccc2c(c1)CCCO2. The van der Waals surface area contributed by atoms with Gasteiger partial charge >= 0.3 is 0 Å². The summed E-state index contributed by atoms with van der Waals surface area (Å²) < 4.78 is 5.60. The third-order valence-electron chi connectivity index (χ3n) is 4.73. The molecule has 20 heavy (non-hydrogen) atoms. The van der Waals surface area contributed by atoms with Crippen LogP contribution in [0.1, 0.15) is 67.3 Å². The minimum Gasteiger partial charge on any atom is -0.493 e. The van der Waals surface area contributed by atoms with Crippen LogP contribution in [0, 0.1) is 5.92 Å². The van der Waals surface area contributed by atoms with E-state index in [-0.39, 0.29) is 0 Å². The average Bonchev–Trinajstić information content (AvgIpc) is 2.53. The number of carbonyl (C=O) groups excluding carboxylic acids is 1. The van der Waals surface area contributed by atoms with Gasteiger partial charge in [0.1, 0.15) is 5.75 Å². The Morgan fingerprint density at radius 3 is 2.85 bits per heavy atom. The fourth-order valence-electron chi connectivity index (χ4n) is 3.49. The molecule has 0 saturated heterocycles. The molecule has 3 rings (SSSR count). The van der Waals surface area contributed by atoms with Crippen molar-refractivity contribution in [2.24, 2.45) is 5.92 Å². The molecule has 108 valence electrons. The summed E-state index contributed by atoms with van der Waals surface area (Å²) in [6, 6.07) is 5.97. The summed E-state index contributed by atoms with van der Waals surface area (Å²) in [4.78, 5) is 12.3. The summed E-state index contributed by atoms with van der Waals surface area (Å²) in [5.74, 6) is 2.07. The maximum Gasteiger partial charge on any atom is 0.162 e. The normalized spacial score (nSPS) is 19.2. The second-order valence-corrected chi connectivity index (χ2v) is 6.24. The number of aryl methyl sites for hydroxylation is 1. The lowest BCUT2D eigenvalue weighted by Gasteiger charge is -2.21. The zero-order valence-electron chi connectivity index (χ0n) is 12.2. The first-order valence-corrected chi connectivity index (χ1v) is 8.12. The fraction of sp³-hybridized carbons (Fsp3) is 0.611. The smallest absolute Gasteiger partial charge is 0.162 e. The molecule has 0 bridgehead atoms. The van der Waals surface area contributed by atoms with Crippen molar-refractivity contribution in [2.45, 2.75) is 57.8 Å². The molecular formula is C18H24O2. The molecule has 0 N–H and O–H groups in total. The maximum atomic E-state index is 12.3. The van der Waals surface area contributed by atoms with Gasteiger partial charge in [-0.25, -0.2) is 0 Å². The minimum absolute atomic E-state index is 0.309. The molecule has 0 atom stereocenters. The molecular weight excluding hydrogens is 248 g/mol. The van der Waals surface area contributed by atoms with Crippen molar-refractivity contribution in [3.63, 3.8) is 0 Å². The molecule has 1 aromatic carbocycles. The zero-order chi connectivity index (χ0) is 13.8. The van der Waals surface area contributed by atoms with Crippen LogP contribution in [0.4, 0.5) is 0 Å². The van der Waals surface area contributed by atoms with E-state index in [1.54, 1.807) is 0 Å². The molecule has 0 aromatic heterocycles. The van der Waals surface area contributed by atoms with Crippen molar-refractivity contribution >= 4 is 5.78 Å². The van der Waals surface area contributed by atoms with E-state index in [0.717, 1.165) is 43.1 Å². The first-order valence-electron chi connectivity index (χ1n) is 8.12. The van der Waals surface area contributed by atoms with E-state index in [0.29, 0.717) is 12.2 Å². The maximum absolute atomic E-state index is 12.3. The Balaban J connectivity index is 1.59. The summed E-state index contributed by atoms with van der Waals surface area (Å²) >= 11 is 0. The van der Waals surface area contributed by atoms with E-state index in [1.165, 1.54) is 37.7 Å². The molecule has 1 saturated carbocycles. The topological polar surface area (TPSA) is 26.3 Å². The van der Waals surface area contributed by atoms with E-state index >= 15 is 0 Å². The van der Waals surface area contributed by atoms with E-state index in [1.807, 2.05) is 12.1 Å². The van der Waals surface area contributed by atoms with E-state index in [9.17, 15) is 4.79 Å². The number of ketones is 1. The van der Waals surface area contributed by atoms with Crippen LogP contribution < -0.4 is 4.74 Å². The van der Waals surface area contributed by atoms with Crippen LogP contribution in [0.15, 0.2) is 18.2 Å². The van der Waals surface area contributed by atoms with E-state index in [4.69, 9.17) is 4.74 Å². The Kier molecular flexibility index (Phi) is 4.39. The van der Waals surface area contributed by atoms with Crippen LogP contribution in [0.2, 0.25) is 0 Å². The first kappa shape index (κ1) is 13.7. The number of fused-ring (bicyclic) bond motifs is 1. The highest BCUT2D eigenvalue weighted by atomic mass is 16.5. The van der Waals surface area contributed by atoms with Crippen LogP contribution in [0.5, 0.6) is 5.75 Å². The number of ether oxygens (including phenoxy) is 1. The molecule has 1 aliphatic heterocycles. The van der Waals surface area contributed by atoms with Gasteiger partial charge < -0.3 is 4.74 Å². The predicted molar refractivity (Wildman–Crippen MR) is 80.4 cm³/mol. The van der Waals surface area contributed by atoms with Gasteiger partial charge in [0.25, 0.3) is 0 Å². The molecule has 1 aliphatic carbocycles. The molecule has 2 aliphatic rings. The van der Waals surface area contributed by atoms with Crippen LogP contribution >= 0.6 is 0 Å². The molecule has 1 aromatic rings. The van der Waals surface area contributed by atoms with Gasteiger partial charge in [0, 0.05) is 12.0 Å². The van der Waals surface area contributed by atoms with Crippen LogP contribution in [-0.2, 0) is 6.42 Å². The standard InChI is InChI=1S/C18H24O2/c19-17(10-8-14-5-2-1-3-6-14)15-9-11-18-16(13-15)7-4-12-20-18/h9,11,13-14H,1-8,10,12H2. The van der Waals surface area contributed by atoms with Crippen molar-refractivity contribution in [3.8, 4) is 5.75 Å². The fourth-order valence-corrected chi connectivity index (χ4v) is 3.49. The Bertz CT molecular complexity index is 472. The van der Waals surface area contributed by atoms with Crippen molar-refractivity contribution in [2.75, 3.05) is 6.61 Å². The Morgan fingerprint density at radius 2 is 2.00 bits per heavy atom. The van der Waals surface area contributed by atoms with Gasteiger partial charge in [0.05, 0.1) is 6.61 Å². The van der Waals surface area contributed by atoms with Crippen LogP contribution in [0.3, 0.4) is 0 Å². The summed E-state index contributed by atoms with van der Waals surface area (Å²) in [5.41, 5.74) is 2.09. The van der Waals surface area contributed by atoms with Crippen LogP contribution in [0.25, 0.3) is 0 Å². The van der Waals surface area contributed by atoms with Crippen molar-refractivity contribution in [3.05, 3.63) is 29.3 Å². The van der Waals surface area contributed by atoms with Crippen molar-refractivity contribution in [1.82, 2.24) is 0 Å². The largest absolute Gasteiger partial charge is 0.493 e. The van der Waals surface area contributed by atoms with Crippen molar-refractivity contribution in [1.29, 1.82) is 0 Å². The highest BCUT2D eigenvalue weighted by Crippen LogP contribution is 2.29. The summed E-state index contributed by atoms with van der Waals surface area (Å²) in [6.45, 7) is 0.808. The Labute approximate surface area is 121 Å². The third kappa shape index (κ3) is 3.23. The number of hydrogen-bond acceptors (Lipinski definition) is 2. The summed E-state index contributed by atoms with van der Waals surface area (Å²) in [6.07, 6.45) is 10.6. The minimum atomic E-state index is 0.309. The van der Waals surface area contributed by atoms with Crippen molar-refractivity contribution < 1.29 is 9.53 Å². The molecule has 0 radical (unpaired) electrons. The van der Waals surface area contributed by atoms with E-state index < -0.39 is 0 Å². The average molecular weight is 272 g/mol. The van der Waals surface area contributed by atoms with Gasteiger partial charge in [0.2, 0.25) is 0 Å². The molecule has 0 unspecified atom stereocenters. The Morgan fingerprint density at radius 1 is 1.15 bits per heavy atom. The van der Waals surface area contributed by atoms with Gasteiger partial charge in [-0.3, -0.25) is 4.79 Å². The van der Waals surface area contributed by atoms with E-state index in [2.05, 4.69) is 6.07 Å². The van der Waals surface area contributed by atoms with Gasteiger partial charge in [0.15, 0.2) is 5.78 Å². The van der Waals surface area contributed by atoms with Gasteiger partial charge in [-0.1, -0.05) is 32.1 Å². The zero-order valence-corrected chi connectivity index (χ0v) is 12.2. The molecule has 0 amide bonds. The molecule has 2 heteroatoms. The second-order valence-electron chi connectivity index (χ2n) is 6.24.